The minimum absolute atomic E-state index is 0.139. The predicted octanol–water partition coefficient (Wildman–Crippen LogP) is 0.470. The first-order valence-corrected chi connectivity index (χ1v) is 6.49. The second-order valence-corrected chi connectivity index (χ2v) is 4.56. The van der Waals surface area contributed by atoms with E-state index in [-0.39, 0.29) is 12.3 Å². The molecule has 0 atom stereocenters. The molecule has 0 aliphatic carbocycles. The third-order valence-electron chi connectivity index (χ3n) is 2.93. The Labute approximate surface area is 121 Å². The Kier molecular flexibility index (Phi) is 4.68. The van der Waals surface area contributed by atoms with E-state index in [2.05, 4.69) is 10.4 Å². The molecule has 0 radical (unpaired) electrons. The molecule has 5 N–H and O–H groups in total. The Morgan fingerprint density at radius 1 is 1.33 bits per heavy atom. The summed E-state index contributed by atoms with van der Waals surface area (Å²) in [5.41, 5.74) is 12.7. The molecule has 0 unspecified atom stereocenters. The number of nitrogens with two attached hydrogens (primary N) is 2. The maximum Gasteiger partial charge on any atom is 0.251 e. The monoisotopic (exact) mass is 287 g/mol. The summed E-state index contributed by atoms with van der Waals surface area (Å²) in [5.74, 6) is -0.676. The van der Waals surface area contributed by atoms with Gasteiger partial charge in [-0.2, -0.15) is 5.10 Å². The van der Waals surface area contributed by atoms with Gasteiger partial charge in [0, 0.05) is 31.4 Å². The summed E-state index contributed by atoms with van der Waals surface area (Å²) in [4.78, 5) is 22.8. The number of nitrogens with one attached hydrogen (secondary N) is 1. The van der Waals surface area contributed by atoms with Gasteiger partial charge in [0.15, 0.2) is 0 Å². The van der Waals surface area contributed by atoms with Crippen LogP contribution < -0.4 is 16.8 Å². The first-order chi connectivity index (χ1) is 10.1. The number of hydrogen-bond donors (Lipinski definition) is 3. The highest BCUT2D eigenvalue weighted by Gasteiger charge is 2.07. The number of primary amides is 1. The maximum atomic E-state index is 11.9. The van der Waals surface area contributed by atoms with Gasteiger partial charge in [0.25, 0.3) is 5.91 Å². The summed E-state index contributed by atoms with van der Waals surface area (Å²) in [6.07, 6.45) is 3.14. The van der Waals surface area contributed by atoms with Gasteiger partial charge in [-0.05, 0) is 17.7 Å². The molecule has 0 aliphatic heterocycles. The van der Waals surface area contributed by atoms with E-state index in [1.165, 1.54) is 17.1 Å². The summed E-state index contributed by atoms with van der Waals surface area (Å²) in [6.45, 7) is 0.794. The smallest absolute Gasteiger partial charge is 0.251 e. The van der Waals surface area contributed by atoms with Crippen molar-refractivity contribution in [2.24, 2.45) is 11.5 Å². The average molecular weight is 287 g/mol. The summed E-state index contributed by atoms with van der Waals surface area (Å²) in [7, 11) is 0. The number of carbonyl (C=O) groups is 2. The number of carbonyl (C=O) groups excluding carboxylic acids is 2. The van der Waals surface area contributed by atoms with Crippen LogP contribution in [0, 0.1) is 0 Å². The molecule has 0 saturated carbocycles. The summed E-state index contributed by atoms with van der Waals surface area (Å²) in [5, 5.41) is 6.75. The van der Waals surface area contributed by atoms with E-state index in [4.69, 9.17) is 11.5 Å². The zero-order valence-electron chi connectivity index (χ0n) is 11.5. The van der Waals surface area contributed by atoms with E-state index < -0.39 is 5.91 Å². The minimum atomic E-state index is -0.538. The highest BCUT2D eigenvalue weighted by molar-refractivity contribution is 5.92. The number of amides is 2. The van der Waals surface area contributed by atoms with Crippen molar-refractivity contribution < 1.29 is 9.59 Å². The number of hydrogen-bond acceptors (Lipinski definition) is 4. The predicted molar refractivity (Wildman–Crippen MR) is 78.3 cm³/mol. The summed E-state index contributed by atoms with van der Waals surface area (Å²) < 4.78 is 1.51. The van der Waals surface area contributed by atoms with E-state index in [1.807, 2.05) is 18.2 Å². The lowest BCUT2D eigenvalue weighted by Crippen LogP contribution is -2.15. The van der Waals surface area contributed by atoms with Crippen LogP contribution in [0.2, 0.25) is 0 Å². The van der Waals surface area contributed by atoms with Gasteiger partial charge in [-0.25, -0.2) is 0 Å². The van der Waals surface area contributed by atoms with E-state index in [9.17, 15) is 9.59 Å². The Bertz CT molecular complexity index is 650. The lowest BCUT2D eigenvalue weighted by atomic mass is 10.2. The fourth-order valence-electron chi connectivity index (χ4n) is 1.83. The van der Waals surface area contributed by atoms with E-state index in [1.54, 1.807) is 6.07 Å². The Balaban J connectivity index is 1.87. The van der Waals surface area contributed by atoms with Crippen molar-refractivity contribution in [1.82, 2.24) is 9.78 Å². The lowest BCUT2D eigenvalue weighted by Gasteiger charge is -2.06. The zero-order valence-corrected chi connectivity index (χ0v) is 11.5. The molecule has 21 heavy (non-hydrogen) atoms. The Morgan fingerprint density at radius 2 is 2.14 bits per heavy atom. The molecule has 1 aromatic carbocycles. The lowest BCUT2D eigenvalue weighted by molar-refractivity contribution is -0.116. The second-order valence-electron chi connectivity index (χ2n) is 4.56. The normalized spacial score (nSPS) is 10.3. The molecule has 7 nitrogen and oxygen atoms in total. The zero-order chi connectivity index (χ0) is 15.2. The van der Waals surface area contributed by atoms with E-state index in [0.717, 1.165) is 5.56 Å². The molecule has 1 heterocycles. The molecule has 2 rings (SSSR count). The molecular formula is C14H17N5O2. The van der Waals surface area contributed by atoms with Crippen molar-refractivity contribution in [1.29, 1.82) is 0 Å². The minimum Gasteiger partial charge on any atom is -0.366 e. The third-order valence-corrected chi connectivity index (χ3v) is 2.93. The van der Waals surface area contributed by atoms with Gasteiger partial charge in [0.2, 0.25) is 5.91 Å². The van der Waals surface area contributed by atoms with E-state index >= 15 is 0 Å². The van der Waals surface area contributed by atoms with Crippen LogP contribution in [-0.4, -0.2) is 21.6 Å². The number of aromatic nitrogens is 2. The first kappa shape index (κ1) is 14.7. The molecular weight excluding hydrogens is 270 g/mol. The average Bonchev–Trinajstić information content (AvgIpc) is 2.94. The number of nitrogens with zero attached hydrogens (tertiary/aromatic N) is 2. The molecule has 0 bridgehead atoms. The molecule has 2 amide bonds. The van der Waals surface area contributed by atoms with Crippen molar-refractivity contribution in [2.75, 3.05) is 5.32 Å². The van der Waals surface area contributed by atoms with Crippen molar-refractivity contribution in [3.05, 3.63) is 47.8 Å². The number of rotatable bonds is 6. The fourth-order valence-corrected chi connectivity index (χ4v) is 1.83. The molecule has 1 aromatic heterocycles. The Morgan fingerprint density at radius 3 is 2.81 bits per heavy atom. The van der Waals surface area contributed by atoms with Crippen molar-refractivity contribution in [3.8, 4) is 0 Å². The van der Waals surface area contributed by atoms with Crippen LogP contribution in [0.25, 0.3) is 0 Å². The Hall–Kier alpha value is -2.67. The molecule has 110 valence electrons. The molecule has 7 heteroatoms. The van der Waals surface area contributed by atoms with Crippen LogP contribution in [0.4, 0.5) is 5.69 Å². The maximum absolute atomic E-state index is 11.9. The van der Waals surface area contributed by atoms with Gasteiger partial charge in [0.1, 0.15) is 0 Å². The second kappa shape index (κ2) is 6.67. The molecule has 0 saturated heterocycles. The molecule has 0 aliphatic rings. The quantitative estimate of drug-likeness (QED) is 0.716. The topological polar surface area (TPSA) is 116 Å². The number of aryl methyl sites for hydroxylation is 1. The van der Waals surface area contributed by atoms with Gasteiger partial charge in [-0.3, -0.25) is 14.3 Å². The third kappa shape index (κ3) is 4.15. The van der Waals surface area contributed by atoms with Crippen LogP contribution in [0.5, 0.6) is 0 Å². The fraction of sp³-hybridized carbons (Fsp3) is 0.214. The van der Waals surface area contributed by atoms with Crippen LogP contribution in [0.1, 0.15) is 22.3 Å². The van der Waals surface area contributed by atoms with Gasteiger partial charge < -0.3 is 16.8 Å². The number of anilines is 1. The summed E-state index contributed by atoms with van der Waals surface area (Å²) >= 11 is 0. The van der Waals surface area contributed by atoms with Gasteiger partial charge in [-0.15, -0.1) is 0 Å². The summed E-state index contributed by atoms with van der Waals surface area (Å²) in [6, 6.07) is 7.36. The van der Waals surface area contributed by atoms with Crippen LogP contribution >= 0.6 is 0 Å². The standard InChI is InChI=1S/C14H17N5O2/c15-7-10-2-1-3-12(6-10)18-13(20)4-5-19-9-11(8-17-19)14(16)21/h1-3,6,8-9H,4-5,7,15H2,(H2,16,21)(H,18,20). The first-order valence-electron chi connectivity index (χ1n) is 6.49. The van der Waals surface area contributed by atoms with Gasteiger partial charge >= 0.3 is 0 Å². The van der Waals surface area contributed by atoms with Crippen LogP contribution in [0.15, 0.2) is 36.7 Å². The molecule has 0 spiro atoms. The van der Waals surface area contributed by atoms with Crippen LogP contribution in [-0.2, 0) is 17.9 Å². The van der Waals surface area contributed by atoms with Crippen molar-refractivity contribution >= 4 is 17.5 Å². The van der Waals surface area contributed by atoms with Crippen molar-refractivity contribution in [3.63, 3.8) is 0 Å². The van der Waals surface area contributed by atoms with Gasteiger partial charge in [-0.1, -0.05) is 12.1 Å². The molecule has 2 aromatic rings. The molecule has 0 fully saturated rings. The number of benzene rings is 1. The highest BCUT2D eigenvalue weighted by atomic mass is 16.2. The highest BCUT2D eigenvalue weighted by Crippen LogP contribution is 2.10. The van der Waals surface area contributed by atoms with Crippen LogP contribution in [0.3, 0.4) is 0 Å². The SMILES string of the molecule is NCc1cccc(NC(=O)CCn2cc(C(N)=O)cn2)c1. The van der Waals surface area contributed by atoms with Gasteiger partial charge in [0.05, 0.1) is 11.8 Å². The van der Waals surface area contributed by atoms with Crippen molar-refractivity contribution in [2.45, 2.75) is 19.5 Å². The van der Waals surface area contributed by atoms with E-state index in [0.29, 0.717) is 24.3 Å². The largest absolute Gasteiger partial charge is 0.366 e.